The number of aliphatic hydroxyl groups is 4. The molecule has 0 unspecified atom stereocenters. The highest BCUT2D eigenvalue weighted by atomic mass is 16.3. The molecule has 6 N–H and O–H groups in total. The first kappa shape index (κ1) is 16.7. The van der Waals surface area contributed by atoms with Crippen LogP contribution in [0.15, 0.2) is 12.1 Å². The summed E-state index contributed by atoms with van der Waals surface area (Å²) < 4.78 is 0. The van der Waals surface area contributed by atoms with Crippen molar-refractivity contribution in [1.29, 1.82) is 0 Å². The molecule has 0 aliphatic carbocycles. The van der Waals surface area contributed by atoms with E-state index < -0.39 is 0 Å². The molecule has 0 aliphatic rings. The zero-order valence-corrected chi connectivity index (χ0v) is 10.1. The second-order valence-corrected chi connectivity index (χ2v) is 3.46. The maximum atomic E-state index is 9.47. The number of aliphatic hydroxyl groups excluding tert-OH is 4. The number of hydrogen-bond donors (Lipinski definition) is 6. The lowest BCUT2D eigenvalue weighted by Crippen LogP contribution is -2.01. The molecule has 0 aromatic heterocycles. The molecule has 1 rings (SSSR count). The largest absolute Gasteiger partial charge is 0.508 e. The van der Waals surface area contributed by atoms with Crippen LogP contribution in [0.5, 0.6) is 11.5 Å². The average molecular weight is 260 g/mol. The molecule has 1 aromatic carbocycles. The normalized spacial score (nSPS) is 9.78. The number of phenols is 2. The van der Waals surface area contributed by atoms with Crippen molar-refractivity contribution >= 4 is 0 Å². The van der Waals surface area contributed by atoms with Gasteiger partial charge in [-0.15, -0.1) is 0 Å². The fourth-order valence-electron chi connectivity index (χ4n) is 1.45. The molecule has 0 aliphatic heterocycles. The maximum absolute atomic E-state index is 9.47. The molecule has 6 nitrogen and oxygen atoms in total. The molecule has 0 saturated heterocycles. The Labute approximate surface area is 105 Å². The molecule has 0 amide bonds. The predicted octanol–water partition coefficient (Wildman–Crippen LogP) is -0.862. The summed E-state index contributed by atoms with van der Waals surface area (Å²) in [7, 11) is 0. The van der Waals surface area contributed by atoms with E-state index in [9.17, 15) is 10.2 Å². The van der Waals surface area contributed by atoms with Crippen molar-refractivity contribution in [2.75, 3.05) is 26.4 Å². The first-order valence-electron chi connectivity index (χ1n) is 5.58. The monoisotopic (exact) mass is 260 g/mol. The predicted molar refractivity (Wildman–Crippen MR) is 65.5 cm³/mol. The molecular weight excluding hydrogens is 240 g/mol. The molecule has 0 saturated carbocycles. The highest BCUT2D eigenvalue weighted by molar-refractivity contribution is 5.47. The van der Waals surface area contributed by atoms with Crippen molar-refractivity contribution in [3.8, 4) is 11.5 Å². The quantitative estimate of drug-likeness (QED) is 0.383. The first-order valence-corrected chi connectivity index (χ1v) is 5.58. The average Bonchev–Trinajstić information content (AvgIpc) is 2.38. The van der Waals surface area contributed by atoms with Crippen LogP contribution in [0.1, 0.15) is 11.1 Å². The van der Waals surface area contributed by atoms with E-state index in [1.807, 2.05) is 0 Å². The van der Waals surface area contributed by atoms with E-state index in [1.54, 1.807) is 0 Å². The molecule has 0 heterocycles. The molecule has 0 radical (unpaired) electrons. The minimum absolute atomic E-state index is 0.0419. The van der Waals surface area contributed by atoms with Gasteiger partial charge in [0.05, 0.1) is 13.2 Å². The van der Waals surface area contributed by atoms with Gasteiger partial charge in [-0.1, -0.05) is 0 Å². The van der Waals surface area contributed by atoms with Crippen LogP contribution < -0.4 is 0 Å². The van der Waals surface area contributed by atoms with Gasteiger partial charge in [0.1, 0.15) is 11.5 Å². The fourth-order valence-corrected chi connectivity index (χ4v) is 1.45. The Hall–Kier alpha value is -1.34. The molecule has 6 heteroatoms. The van der Waals surface area contributed by atoms with Crippen LogP contribution >= 0.6 is 0 Å². The molecule has 104 valence electrons. The van der Waals surface area contributed by atoms with Crippen LogP contribution in [-0.2, 0) is 12.8 Å². The van der Waals surface area contributed by atoms with Gasteiger partial charge in [-0.2, -0.15) is 0 Å². The first-order chi connectivity index (χ1) is 8.62. The van der Waals surface area contributed by atoms with Gasteiger partial charge in [0.15, 0.2) is 0 Å². The molecule has 1 aromatic rings. The van der Waals surface area contributed by atoms with Crippen LogP contribution in [0.4, 0.5) is 0 Å². The number of aromatic hydroxyl groups is 2. The Morgan fingerprint density at radius 2 is 0.944 bits per heavy atom. The molecule has 18 heavy (non-hydrogen) atoms. The van der Waals surface area contributed by atoms with Crippen LogP contribution in [0, 0.1) is 0 Å². The molecule has 0 spiro atoms. The van der Waals surface area contributed by atoms with Gasteiger partial charge in [0.2, 0.25) is 0 Å². The summed E-state index contributed by atoms with van der Waals surface area (Å²) in [6.07, 6.45) is 0.547. The van der Waals surface area contributed by atoms with Crippen molar-refractivity contribution in [2.24, 2.45) is 0 Å². The van der Waals surface area contributed by atoms with E-state index in [0.29, 0.717) is 11.1 Å². The van der Waals surface area contributed by atoms with Crippen molar-refractivity contribution in [3.63, 3.8) is 0 Å². The van der Waals surface area contributed by atoms with E-state index >= 15 is 0 Å². The third-order valence-electron chi connectivity index (χ3n) is 2.21. The van der Waals surface area contributed by atoms with Gasteiger partial charge in [-0.05, 0) is 25.0 Å². The van der Waals surface area contributed by atoms with E-state index in [1.165, 1.54) is 12.1 Å². The fraction of sp³-hybridized carbons (Fsp3) is 0.500. The van der Waals surface area contributed by atoms with E-state index in [2.05, 4.69) is 0 Å². The lowest BCUT2D eigenvalue weighted by atomic mass is 10.00. The Morgan fingerprint density at radius 3 is 1.17 bits per heavy atom. The number of hydrogen-bond acceptors (Lipinski definition) is 6. The Kier molecular flexibility index (Phi) is 8.95. The van der Waals surface area contributed by atoms with Crippen molar-refractivity contribution in [1.82, 2.24) is 0 Å². The third kappa shape index (κ3) is 5.33. The lowest BCUT2D eigenvalue weighted by molar-refractivity contribution is 0.186. The molecule has 0 atom stereocenters. The van der Waals surface area contributed by atoms with E-state index in [4.69, 9.17) is 20.4 Å². The number of benzene rings is 1. The van der Waals surface area contributed by atoms with E-state index in [-0.39, 0.29) is 50.8 Å². The zero-order valence-electron chi connectivity index (χ0n) is 10.1. The van der Waals surface area contributed by atoms with Crippen LogP contribution in [0.3, 0.4) is 0 Å². The summed E-state index contributed by atoms with van der Waals surface area (Å²) in [5, 5.41) is 51.7. The Balaban J connectivity index is 0.000000631. The van der Waals surface area contributed by atoms with Gasteiger partial charge in [-0.25, -0.2) is 0 Å². The standard InChI is InChI=1S/C10H14O4.C2H6O2/c11-5-3-7-8(4-6-12)10(14)2-1-9(7)13;3-1-2-4/h1-2,11-14H,3-6H2;3-4H,1-2H2. The second kappa shape index (κ2) is 9.67. The van der Waals surface area contributed by atoms with Gasteiger partial charge < -0.3 is 30.6 Å². The maximum Gasteiger partial charge on any atom is 0.119 e. The summed E-state index contributed by atoms with van der Waals surface area (Å²) in [6, 6.07) is 2.75. The Morgan fingerprint density at radius 1 is 0.611 bits per heavy atom. The van der Waals surface area contributed by atoms with Crippen molar-refractivity contribution in [3.05, 3.63) is 23.3 Å². The number of rotatable bonds is 5. The smallest absolute Gasteiger partial charge is 0.119 e. The van der Waals surface area contributed by atoms with Gasteiger partial charge in [0, 0.05) is 24.3 Å². The van der Waals surface area contributed by atoms with Crippen LogP contribution in [0.2, 0.25) is 0 Å². The highest BCUT2D eigenvalue weighted by Crippen LogP contribution is 2.29. The topological polar surface area (TPSA) is 121 Å². The molecule has 0 bridgehead atoms. The zero-order chi connectivity index (χ0) is 14.0. The minimum Gasteiger partial charge on any atom is -0.508 e. The van der Waals surface area contributed by atoms with Gasteiger partial charge in [0.25, 0.3) is 0 Å². The number of phenolic OH excluding ortho intramolecular Hbond substituents is 2. The molecule has 0 fully saturated rings. The lowest BCUT2D eigenvalue weighted by Gasteiger charge is -2.11. The second-order valence-electron chi connectivity index (χ2n) is 3.46. The summed E-state index contributed by atoms with van der Waals surface area (Å²) in [5.41, 5.74) is 1.00. The van der Waals surface area contributed by atoms with Crippen molar-refractivity contribution in [2.45, 2.75) is 12.8 Å². The Bertz CT molecular complexity index is 307. The highest BCUT2D eigenvalue weighted by Gasteiger charge is 2.11. The summed E-state index contributed by atoms with van der Waals surface area (Å²) in [4.78, 5) is 0. The van der Waals surface area contributed by atoms with Crippen LogP contribution in [0.25, 0.3) is 0 Å². The van der Waals surface area contributed by atoms with Gasteiger partial charge in [-0.3, -0.25) is 0 Å². The summed E-state index contributed by atoms with van der Waals surface area (Å²) >= 11 is 0. The SMILES string of the molecule is OCCO.OCCc1c(O)ccc(O)c1CCO. The third-order valence-corrected chi connectivity index (χ3v) is 2.21. The van der Waals surface area contributed by atoms with E-state index in [0.717, 1.165) is 0 Å². The molecular formula is C12H20O6. The minimum atomic E-state index is -0.125. The summed E-state index contributed by atoms with van der Waals surface area (Å²) in [6.45, 7) is -0.453. The van der Waals surface area contributed by atoms with Crippen LogP contribution in [-0.4, -0.2) is 57.1 Å². The van der Waals surface area contributed by atoms with Crippen molar-refractivity contribution < 1.29 is 30.6 Å². The van der Waals surface area contributed by atoms with Gasteiger partial charge >= 0.3 is 0 Å². The summed E-state index contributed by atoms with van der Waals surface area (Å²) in [5.74, 6) is 0.0839.